The minimum Gasteiger partial charge on any atom is -0.444 e. The molecule has 1 aromatic rings. The van der Waals surface area contributed by atoms with Crippen molar-refractivity contribution in [2.75, 3.05) is 25.1 Å². The molecule has 0 saturated heterocycles. The highest BCUT2D eigenvalue weighted by Crippen LogP contribution is 2.13. The van der Waals surface area contributed by atoms with Gasteiger partial charge in [-0.05, 0) is 51.8 Å². The van der Waals surface area contributed by atoms with E-state index in [1.165, 1.54) is 0 Å². The fraction of sp³-hybridized carbons (Fsp3) is 0.579. The van der Waals surface area contributed by atoms with Crippen LogP contribution in [0.4, 0.5) is 10.5 Å². The molecule has 0 fully saturated rings. The molecule has 0 saturated carbocycles. The van der Waals surface area contributed by atoms with Crippen LogP contribution in [-0.2, 0) is 9.47 Å². The summed E-state index contributed by atoms with van der Waals surface area (Å²) >= 11 is 0. The molecule has 0 radical (unpaired) electrons. The maximum atomic E-state index is 12.2. The van der Waals surface area contributed by atoms with Gasteiger partial charge in [0.15, 0.2) is 0 Å². The molecule has 1 aromatic carbocycles. The predicted octanol–water partition coefficient (Wildman–Crippen LogP) is 3.97. The van der Waals surface area contributed by atoms with Gasteiger partial charge in [-0.3, -0.25) is 10.1 Å². The molecule has 140 valence electrons. The lowest BCUT2D eigenvalue weighted by Crippen LogP contribution is -2.27. The fourth-order valence-electron chi connectivity index (χ4n) is 1.99. The van der Waals surface area contributed by atoms with E-state index in [1.807, 2.05) is 0 Å². The summed E-state index contributed by atoms with van der Waals surface area (Å²) in [4.78, 5) is 23.9. The van der Waals surface area contributed by atoms with E-state index in [9.17, 15) is 9.59 Å². The Kier molecular flexibility index (Phi) is 8.99. The highest BCUT2D eigenvalue weighted by atomic mass is 16.6. The van der Waals surface area contributed by atoms with Crippen molar-refractivity contribution in [1.29, 1.82) is 0 Å². The summed E-state index contributed by atoms with van der Waals surface area (Å²) in [5.41, 5.74) is 0.434. The molecule has 1 rings (SSSR count). The maximum Gasteiger partial charge on any atom is 0.412 e. The van der Waals surface area contributed by atoms with Crippen molar-refractivity contribution in [1.82, 2.24) is 5.32 Å². The van der Waals surface area contributed by atoms with Gasteiger partial charge in [-0.2, -0.15) is 0 Å². The van der Waals surface area contributed by atoms with Crippen molar-refractivity contribution in [3.05, 3.63) is 29.8 Å². The van der Waals surface area contributed by atoms with Gasteiger partial charge < -0.3 is 14.8 Å². The van der Waals surface area contributed by atoms with E-state index in [2.05, 4.69) is 17.6 Å². The van der Waals surface area contributed by atoms with E-state index in [-0.39, 0.29) is 5.91 Å². The van der Waals surface area contributed by atoms with E-state index in [0.717, 1.165) is 25.9 Å². The molecule has 0 spiro atoms. The summed E-state index contributed by atoms with van der Waals surface area (Å²) in [5.74, 6) is -0.179. The van der Waals surface area contributed by atoms with Crippen LogP contribution < -0.4 is 10.6 Å². The lowest BCUT2D eigenvalue weighted by Gasteiger charge is -2.19. The van der Waals surface area contributed by atoms with Crippen LogP contribution in [0, 0.1) is 0 Å². The van der Waals surface area contributed by atoms with E-state index in [0.29, 0.717) is 24.4 Å². The largest absolute Gasteiger partial charge is 0.444 e. The molecule has 0 aromatic heterocycles. The Morgan fingerprint density at radius 2 is 1.84 bits per heavy atom. The van der Waals surface area contributed by atoms with Crippen LogP contribution in [-0.4, -0.2) is 37.4 Å². The summed E-state index contributed by atoms with van der Waals surface area (Å²) in [6.07, 6.45) is 2.40. The molecule has 0 aliphatic carbocycles. The molecule has 0 atom stereocenters. The summed E-state index contributed by atoms with van der Waals surface area (Å²) < 4.78 is 10.6. The Hall–Kier alpha value is -2.08. The third-order valence-electron chi connectivity index (χ3n) is 3.16. The van der Waals surface area contributed by atoms with Crippen LogP contribution in [0.2, 0.25) is 0 Å². The van der Waals surface area contributed by atoms with Crippen LogP contribution in [0.5, 0.6) is 0 Å². The zero-order valence-corrected chi connectivity index (χ0v) is 15.7. The van der Waals surface area contributed by atoms with E-state index in [4.69, 9.17) is 9.47 Å². The Labute approximate surface area is 150 Å². The van der Waals surface area contributed by atoms with Crippen LogP contribution in [0.25, 0.3) is 0 Å². The van der Waals surface area contributed by atoms with Crippen LogP contribution in [0.1, 0.15) is 57.3 Å². The van der Waals surface area contributed by atoms with Gasteiger partial charge in [0.25, 0.3) is 5.91 Å². The van der Waals surface area contributed by atoms with E-state index < -0.39 is 11.7 Å². The average molecular weight is 350 g/mol. The molecule has 0 aliphatic heterocycles. The number of hydrogen-bond donors (Lipinski definition) is 2. The smallest absolute Gasteiger partial charge is 0.412 e. The highest BCUT2D eigenvalue weighted by Gasteiger charge is 2.16. The van der Waals surface area contributed by atoms with Gasteiger partial charge in [-0.1, -0.05) is 19.4 Å². The fourth-order valence-corrected chi connectivity index (χ4v) is 1.99. The lowest BCUT2D eigenvalue weighted by molar-refractivity contribution is 0.0635. The van der Waals surface area contributed by atoms with Crippen LogP contribution in [0.3, 0.4) is 0 Å². The molecule has 2 N–H and O–H groups in total. The van der Waals surface area contributed by atoms with Gasteiger partial charge in [0.2, 0.25) is 0 Å². The standard InChI is InChI=1S/C19H30N2O4/c1-5-6-12-24-13-8-11-20-17(22)15-9-7-10-16(14-15)21-18(23)25-19(2,3)4/h7,9-10,14H,5-6,8,11-13H2,1-4H3,(H,20,22)(H,21,23). The van der Waals surface area contributed by atoms with Crippen molar-refractivity contribution in [2.24, 2.45) is 0 Å². The molecule has 0 unspecified atom stereocenters. The average Bonchev–Trinajstić information content (AvgIpc) is 2.52. The number of unbranched alkanes of at least 4 members (excludes halogenated alkanes) is 1. The first-order chi connectivity index (χ1) is 11.8. The van der Waals surface area contributed by atoms with Gasteiger partial charge in [-0.25, -0.2) is 4.79 Å². The number of hydrogen-bond acceptors (Lipinski definition) is 4. The summed E-state index contributed by atoms with van der Waals surface area (Å²) in [5, 5.41) is 5.47. The number of nitrogens with one attached hydrogen (secondary N) is 2. The first kappa shape index (κ1) is 21.0. The molecule has 6 nitrogen and oxygen atoms in total. The number of rotatable bonds is 9. The van der Waals surface area contributed by atoms with Crippen LogP contribution >= 0.6 is 0 Å². The minimum atomic E-state index is -0.571. The topological polar surface area (TPSA) is 76.7 Å². The Morgan fingerprint density at radius 1 is 1.12 bits per heavy atom. The quantitative estimate of drug-likeness (QED) is 0.661. The van der Waals surface area contributed by atoms with Crippen molar-refractivity contribution in [3.8, 4) is 0 Å². The molecule has 25 heavy (non-hydrogen) atoms. The van der Waals surface area contributed by atoms with Gasteiger partial charge in [-0.15, -0.1) is 0 Å². The molecule has 6 heteroatoms. The Bertz CT molecular complexity index is 553. The van der Waals surface area contributed by atoms with Gasteiger partial charge >= 0.3 is 6.09 Å². The van der Waals surface area contributed by atoms with Crippen molar-refractivity contribution < 1.29 is 19.1 Å². The Morgan fingerprint density at radius 3 is 2.52 bits per heavy atom. The van der Waals surface area contributed by atoms with Crippen molar-refractivity contribution >= 4 is 17.7 Å². The molecule has 2 amide bonds. The van der Waals surface area contributed by atoms with Crippen molar-refractivity contribution in [2.45, 2.75) is 52.6 Å². The highest BCUT2D eigenvalue weighted by molar-refractivity contribution is 5.96. The number of carbonyl (C=O) groups excluding carboxylic acids is 2. The first-order valence-corrected chi connectivity index (χ1v) is 8.78. The SMILES string of the molecule is CCCCOCCCNC(=O)c1cccc(NC(=O)OC(C)(C)C)c1. The second-order valence-electron chi connectivity index (χ2n) is 6.78. The second-order valence-corrected chi connectivity index (χ2v) is 6.78. The monoisotopic (exact) mass is 350 g/mol. The number of carbonyl (C=O) groups is 2. The minimum absolute atomic E-state index is 0.179. The van der Waals surface area contributed by atoms with Crippen LogP contribution in [0.15, 0.2) is 24.3 Å². The molecule has 0 heterocycles. The second kappa shape index (κ2) is 10.7. The maximum absolute atomic E-state index is 12.2. The third-order valence-corrected chi connectivity index (χ3v) is 3.16. The van der Waals surface area contributed by atoms with Gasteiger partial charge in [0.1, 0.15) is 5.60 Å². The molecule has 0 aliphatic rings. The zero-order valence-electron chi connectivity index (χ0n) is 15.7. The predicted molar refractivity (Wildman–Crippen MR) is 99.0 cm³/mol. The summed E-state index contributed by atoms with van der Waals surface area (Å²) in [6, 6.07) is 6.75. The number of amides is 2. The summed E-state index contributed by atoms with van der Waals surface area (Å²) in [6.45, 7) is 9.46. The molecular formula is C19H30N2O4. The summed E-state index contributed by atoms with van der Waals surface area (Å²) in [7, 11) is 0. The van der Waals surface area contributed by atoms with Gasteiger partial charge in [0, 0.05) is 31.0 Å². The normalized spacial score (nSPS) is 11.0. The first-order valence-electron chi connectivity index (χ1n) is 8.78. The number of benzene rings is 1. The Balaban J connectivity index is 2.40. The molecular weight excluding hydrogens is 320 g/mol. The zero-order chi connectivity index (χ0) is 18.7. The number of anilines is 1. The molecule has 0 bridgehead atoms. The lowest BCUT2D eigenvalue weighted by atomic mass is 10.2. The van der Waals surface area contributed by atoms with Gasteiger partial charge in [0.05, 0.1) is 0 Å². The van der Waals surface area contributed by atoms with E-state index in [1.54, 1.807) is 45.0 Å². The third kappa shape index (κ3) is 9.72. The van der Waals surface area contributed by atoms with E-state index >= 15 is 0 Å². The van der Waals surface area contributed by atoms with Crippen molar-refractivity contribution in [3.63, 3.8) is 0 Å². The number of ether oxygens (including phenoxy) is 2.